The van der Waals surface area contributed by atoms with Crippen LogP contribution in [0.4, 0.5) is 13.2 Å². The van der Waals surface area contributed by atoms with E-state index in [1.54, 1.807) is 13.8 Å². The number of nitriles is 1. The van der Waals surface area contributed by atoms with Crippen LogP contribution in [0.5, 0.6) is 0 Å². The minimum Gasteiger partial charge on any atom is -0.480 e. The molecule has 0 unspecified atom stereocenters. The number of rotatable bonds is 6. The Morgan fingerprint density at radius 3 is 2.29 bits per heavy atom. The highest BCUT2D eigenvalue weighted by Crippen LogP contribution is 2.21. The van der Waals surface area contributed by atoms with E-state index in [-0.39, 0.29) is 13.0 Å². The molecule has 0 spiro atoms. The van der Waals surface area contributed by atoms with E-state index >= 15 is 0 Å². The fourth-order valence-corrected chi connectivity index (χ4v) is 1.15. The van der Waals surface area contributed by atoms with Crippen LogP contribution in [0.15, 0.2) is 0 Å². The number of halogens is 3. The van der Waals surface area contributed by atoms with Gasteiger partial charge in [0.25, 0.3) is 0 Å². The van der Waals surface area contributed by atoms with Crippen molar-refractivity contribution in [3.05, 3.63) is 0 Å². The van der Waals surface area contributed by atoms with Gasteiger partial charge in [-0.2, -0.15) is 18.4 Å². The third kappa shape index (κ3) is 8.51. The molecule has 7 heteroatoms. The summed E-state index contributed by atoms with van der Waals surface area (Å²) < 4.78 is 36.5. The van der Waals surface area contributed by atoms with Crippen LogP contribution in [0, 0.1) is 16.7 Å². The molecule has 0 aromatic rings. The smallest absolute Gasteiger partial charge is 0.401 e. The van der Waals surface area contributed by atoms with Crippen LogP contribution >= 0.6 is 0 Å². The van der Waals surface area contributed by atoms with Crippen LogP contribution in [-0.4, -0.2) is 41.8 Å². The first kappa shape index (κ1) is 15.7. The van der Waals surface area contributed by atoms with Gasteiger partial charge in [0, 0.05) is 6.54 Å². The van der Waals surface area contributed by atoms with Gasteiger partial charge in [-0.25, -0.2) is 0 Å². The lowest BCUT2D eigenvalue weighted by Gasteiger charge is -2.24. The number of carboxylic acids is 1. The molecule has 0 radical (unpaired) electrons. The fourth-order valence-electron chi connectivity index (χ4n) is 1.15. The lowest BCUT2D eigenvalue weighted by atomic mass is 9.91. The first-order valence-electron chi connectivity index (χ1n) is 4.98. The van der Waals surface area contributed by atoms with Crippen molar-refractivity contribution >= 4 is 5.97 Å². The molecule has 0 aliphatic rings. The van der Waals surface area contributed by atoms with Crippen molar-refractivity contribution in [3.63, 3.8) is 0 Å². The molecular weight excluding hydrogens is 237 g/mol. The second-order valence-corrected chi connectivity index (χ2v) is 4.47. The minimum atomic E-state index is -4.44. The van der Waals surface area contributed by atoms with Gasteiger partial charge in [0.15, 0.2) is 0 Å². The topological polar surface area (TPSA) is 64.3 Å². The molecule has 0 aromatic heterocycles. The van der Waals surface area contributed by atoms with E-state index < -0.39 is 30.7 Å². The second kappa shape index (κ2) is 5.87. The third-order valence-electron chi connectivity index (χ3n) is 2.12. The summed E-state index contributed by atoms with van der Waals surface area (Å²) in [6.07, 6.45) is -4.25. The van der Waals surface area contributed by atoms with Crippen molar-refractivity contribution in [2.45, 2.75) is 26.4 Å². The van der Waals surface area contributed by atoms with Gasteiger partial charge in [-0.05, 0) is 20.3 Å². The Morgan fingerprint density at radius 1 is 1.41 bits per heavy atom. The van der Waals surface area contributed by atoms with E-state index in [4.69, 9.17) is 10.4 Å². The molecule has 0 saturated carbocycles. The maximum absolute atomic E-state index is 12.2. The zero-order valence-electron chi connectivity index (χ0n) is 9.71. The summed E-state index contributed by atoms with van der Waals surface area (Å²) in [7, 11) is 0. The number of alkyl halides is 3. The summed E-state index contributed by atoms with van der Waals surface area (Å²) in [5.41, 5.74) is -0.762. The molecule has 0 rings (SSSR count). The largest absolute Gasteiger partial charge is 0.480 e. The quantitative estimate of drug-likeness (QED) is 0.783. The van der Waals surface area contributed by atoms with Crippen LogP contribution < -0.4 is 0 Å². The van der Waals surface area contributed by atoms with E-state index in [9.17, 15) is 18.0 Å². The van der Waals surface area contributed by atoms with Gasteiger partial charge in [0.05, 0.1) is 24.6 Å². The molecule has 0 saturated heterocycles. The second-order valence-electron chi connectivity index (χ2n) is 4.47. The minimum absolute atomic E-state index is 0.0770. The Kier molecular flexibility index (Phi) is 5.42. The highest BCUT2D eigenvalue weighted by atomic mass is 19.4. The third-order valence-corrected chi connectivity index (χ3v) is 2.12. The van der Waals surface area contributed by atoms with Gasteiger partial charge >= 0.3 is 12.1 Å². The summed E-state index contributed by atoms with van der Waals surface area (Å²) in [5, 5.41) is 17.2. The normalized spacial score (nSPS) is 12.5. The predicted octanol–water partition coefficient (Wildman–Crippen LogP) is 1.88. The van der Waals surface area contributed by atoms with E-state index in [1.165, 1.54) is 0 Å². The highest BCUT2D eigenvalue weighted by molar-refractivity contribution is 5.69. The zero-order chi connectivity index (χ0) is 13.7. The van der Waals surface area contributed by atoms with Crippen LogP contribution in [0.1, 0.15) is 20.3 Å². The summed E-state index contributed by atoms with van der Waals surface area (Å²) in [4.78, 5) is 11.2. The van der Waals surface area contributed by atoms with E-state index in [2.05, 4.69) is 0 Å². The average molecular weight is 252 g/mol. The molecule has 0 aromatic carbocycles. The fraction of sp³-hybridized carbons (Fsp3) is 0.800. The Balaban J connectivity index is 4.41. The number of aliphatic carboxylic acids is 1. The molecule has 17 heavy (non-hydrogen) atoms. The summed E-state index contributed by atoms with van der Waals surface area (Å²) in [6.45, 7) is 1.16. The van der Waals surface area contributed by atoms with E-state index in [1.807, 2.05) is 6.07 Å². The van der Waals surface area contributed by atoms with Crippen molar-refractivity contribution < 1.29 is 23.1 Å². The molecule has 0 fully saturated rings. The van der Waals surface area contributed by atoms with Crippen molar-refractivity contribution in [2.24, 2.45) is 5.41 Å². The lowest BCUT2D eigenvalue weighted by molar-refractivity contribution is -0.154. The van der Waals surface area contributed by atoms with Crippen molar-refractivity contribution in [2.75, 3.05) is 19.6 Å². The number of hydrogen-bond acceptors (Lipinski definition) is 3. The molecule has 98 valence electrons. The summed E-state index contributed by atoms with van der Waals surface area (Å²) in [6, 6.07) is 1.96. The molecule has 0 aliphatic carbocycles. The number of nitrogens with zero attached hydrogens (tertiary/aromatic N) is 2. The van der Waals surface area contributed by atoms with Gasteiger partial charge < -0.3 is 5.11 Å². The van der Waals surface area contributed by atoms with E-state index in [0.717, 1.165) is 4.90 Å². The molecule has 1 N–H and O–H groups in total. The van der Waals surface area contributed by atoms with Crippen LogP contribution in [0.25, 0.3) is 0 Å². The molecule has 0 aliphatic heterocycles. The standard InChI is InChI=1S/C10H15F3N2O2/c1-9(2,6-14)3-4-15(5-8(16)17)7-10(11,12)13/h3-5,7H2,1-2H3,(H,16,17). The molecule has 0 amide bonds. The van der Waals surface area contributed by atoms with Crippen molar-refractivity contribution in [3.8, 4) is 6.07 Å². The van der Waals surface area contributed by atoms with Crippen LogP contribution in [0.3, 0.4) is 0 Å². The highest BCUT2D eigenvalue weighted by Gasteiger charge is 2.32. The Morgan fingerprint density at radius 2 is 1.94 bits per heavy atom. The van der Waals surface area contributed by atoms with E-state index in [0.29, 0.717) is 0 Å². The molecule has 0 atom stereocenters. The Labute approximate surface area is 97.6 Å². The Hall–Kier alpha value is -1.29. The van der Waals surface area contributed by atoms with Gasteiger partial charge in [-0.1, -0.05) is 0 Å². The monoisotopic (exact) mass is 252 g/mol. The first-order chi connectivity index (χ1) is 7.56. The SMILES string of the molecule is CC(C)(C#N)CCN(CC(=O)O)CC(F)(F)F. The van der Waals surface area contributed by atoms with Crippen LogP contribution in [-0.2, 0) is 4.79 Å². The number of carbonyl (C=O) groups is 1. The Bertz CT molecular complexity index is 308. The van der Waals surface area contributed by atoms with Crippen molar-refractivity contribution in [1.29, 1.82) is 5.26 Å². The molecular formula is C10H15F3N2O2. The van der Waals surface area contributed by atoms with Crippen LogP contribution in [0.2, 0.25) is 0 Å². The molecule has 0 heterocycles. The summed E-state index contributed by atoms with van der Waals surface area (Å²) in [5.74, 6) is -1.32. The van der Waals surface area contributed by atoms with Gasteiger partial charge in [-0.3, -0.25) is 9.69 Å². The van der Waals surface area contributed by atoms with Crippen molar-refractivity contribution in [1.82, 2.24) is 4.90 Å². The zero-order valence-corrected chi connectivity index (χ0v) is 9.71. The number of carboxylic acid groups (broad SMARTS) is 1. The molecule has 0 bridgehead atoms. The lowest BCUT2D eigenvalue weighted by Crippen LogP contribution is -2.39. The predicted molar refractivity (Wildman–Crippen MR) is 54.1 cm³/mol. The number of hydrogen-bond donors (Lipinski definition) is 1. The van der Waals surface area contributed by atoms with Gasteiger partial charge in [0.1, 0.15) is 0 Å². The molecule has 4 nitrogen and oxygen atoms in total. The first-order valence-corrected chi connectivity index (χ1v) is 4.98. The van der Waals surface area contributed by atoms with Gasteiger partial charge in [0.2, 0.25) is 0 Å². The van der Waals surface area contributed by atoms with Gasteiger partial charge in [-0.15, -0.1) is 0 Å². The summed E-state index contributed by atoms with van der Waals surface area (Å²) >= 11 is 0. The maximum atomic E-state index is 12.2. The average Bonchev–Trinajstić information content (AvgIpc) is 2.11. The maximum Gasteiger partial charge on any atom is 0.401 e.